The minimum absolute atomic E-state index is 0.0590. The van der Waals surface area contributed by atoms with Gasteiger partial charge in [0.25, 0.3) is 11.8 Å². The lowest BCUT2D eigenvalue weighted by molar-refractivity contribution is -0.159. The molecule has 2 aromatic rings. The Balaban J connectivity index is 1.91. The van der Waals surface area contributed by atoms with Gasteiger partial charge in [-0.1, -0.05) is 30.3 Å². The summed E-state index contributed by atoms with van der Waals surface area (Å²) >= 11 is 0. The first-order valence-corrected chi connectivity index (χ1v) is 7.76. The number of carbonyl (C=O) groups excluding carboxylic acids is 3. The number of hydrogen-bond acceptors (Lipinski definition) is 5. The van der Waals surface area contributed by atoms with Gasteiger partial charge in [0.2, 0.25) is 6.10 Å². The first-order valence-electron chi connectivity index (χ1n) is 7.76. The molecule has 7 nitrogen and oxygen atoms in total. The average molecular weight is 344 g/mol. The molecule has 25 heavy (non-hydrogen) atoms. The Bertz CT molecular complexity index is 710. The molecule has 0 saturated carbocycles. The summed E-state index contributed by atoms with van der Waals surface area (Å²) in [6, 6.07) is 11.9. The summed E-state index contributed by atoms with van der Waals surface area (Å²) in [5, 5.41) is 2.55. The van der Waals surface area contributed by atoms with Crippen LogP contribution in [0.25, 0.3) is 0 Å². The van der Waals surface area contributed by atoms with Crippen molar-refractivity contribution in [2.45, 2.75) is 12.5 Å². The van der Waals surface area contributed by atoms with Crippen LogP contribution in [-0.2, 0) is 14.3 Å². The Labute approximate surface area is 145 Å². The molecule has 1 N–H and O–H groups in total. The van der Waals surface area contributed by atoms with E-state index >= 15 is 0 Å². The maximum absolute atomic E-state index is 12.3. The lowest BCUT2D eigenvalue weighted by Crippen LogP contribution is -2.32. The van der Waals surface area contributed by atoms with Gasteiger partial charge in [0.1, 0.15) is 0 Å². The van der Waals surface area contributed by atoms with E-state index in [-0.39, 0.29) is 24.6 Å². The van der Waals surface area contributed by atoms with Crippen LogP contribution in [-0.4, -0.2) is 43.3 Å². The number of likely N-dealkylation sites (N-methyl/N-ethyl adjacent to an activating group) is 1. The number of carbonyl (C=O) groups is 3. The highest BCUT2D eigenvalue weighted by Gasteiger charge is 2.26. The third-order valence-corrected chi connectivity index (χ3v) is 3.38. The Morgan fingerprint density at radius 2 is 1.84 bits per heavy atom. The summed E-state index contributed by atoms with van der Waals surface area (Å²) in [5.41, 5.74) is 0.592. The average Bonchev–Trinajstić information content (AvgIpc) is 3.14. The van der Waals surface area contributed by atoms with E-state index in [1.54, 1.807) is 44.4 Å². The highest BCUT2D eigenvalue weighted by atomic mass is 16.5. The van der Waals surface area contributed by atoms with E-state index in [2.05, 4.69) is 5.32 Å². The minimum atomic E-state index is -1.01. The lowest BCUT2D eigenvalue weighted by atomic mass is 10.1. The van der Waals surface area contributed by atoms with Crippen molar-refractivity contribution in [3.05, 3.63) is 60.1 Å². The van der Waals surface area contributed by atoms with Crippen LogP contribution >= 0.6 is 0 Å². The van der Waals surface area contributed by atoms with Crippen molar-refractivity contribution in [3.8, 4) is 0 Å². The zero-order valence-corrected chi connectivity index (χ0v) is 14.1. The van der Waals surface area contributed by atoms with Crippen LogP contribution in [0.2, 0.25) is 0 Å². The van der Waals surface area contributed by atoms with Gasteiger partial charge in [-0.25, -0.2) is 0 Å². The second-order valence-corrected chi connectivity index (χ2v) is 5.50. The number of hydrogen-bond donors (Lipinski definition) is 1. The Hall–Kier alpha value is -3.09. The molecule has 1 aromatic heterocycles. The molecule has 0 aliphatic carbocycles. The van der Waals surface area contributed by atoms with Crippen molar-refractivity contribution in [1.29, 1.82) is 0 Å². The second kappa shape index (κ2) is 8.68. The van der Waals surface area contributed by atoms with E-state index in [1.807, 2.05) is 6.07 Å². The second-order valence-electron chi connectivity index (χ2n) is 5.50. The monoisotopic (exact) mass is 344 g/mol. The van der Waals surface area contributed by atoms with Gasteiger partial charge in [0, 0.05) is 26.2 Å². The maximum Gasteiger partial charge on any atom is 0.308 e. The van der Waals surface area contributed by atoms with Gasteiger partial charge in [-0.2, -0.15) is 0 Å². The Kier molecular flexibility index (Phi) is 6.33. The molecule has 0 spiro atoms. The molecule has 132 valence electrons. The molecular formula is C18H20N2O5. The van der Waals surface area contributed by atoms with Crippen molar-refractivity contribution in [3.63, 3.8) is 0 Å². The van der Waals surface area contributed by atoms with E-state index in [4.69, 9.17) is 9.15 Å². The van der Waals surface area contributed by atoms with E-state index in [0.717, 1.165) is 0 Å². The van der Waals surface area contributed by atoms with Crippen LogP contribution in [0.1, 0.15) is 28.6 Å². The van der Waals surface area contributed by atoms with Gasteiger partial charge >= 0.3 is 5.97 Å². The molecule has 0 fully saturated rings. The van der Waals surface area contributed by atoms with Crippen molar-refractivity contribution in [1.82, 2.24) is 10.2 Å². The molecule has 0 aliphatic heterocycles. The maximum atomic E-state index is 12.3. The number of amides is 2. The summed E-state index contributed by atoms with van der Waals surface area (Å²) < 4.78 is 10.3. The van der Waals surface area contributed by atoms with Crippen LogP contribution in [0.3, 0.4) is 0 Å². The molecule has 0 unspecified atom stereocenters. The molecular weight excluding hydrogens is 324 g/mol. The molecule has 1 aromatic carbocycles. The molecule has 2 rings (SSSR count). The quantitative estimate of drug-likeness (QED) is 0.773. The molecule has 1 heterocycles. The number of nitrogens with zero attached hydrogens (tertiary/aromatic N) is 1. The van der Waals surface area contributed by atoms with Crippen molar-refractivity contribution >= 4 is 17.8 Å². The van der Waals surface area contributed by atoms with Gasteiger partial charge in [-0.15, -0.1) is 0 Å². The first kappa shape index (κ1) is 18.3. The lowest BCUT2D eigenvalue weighted by Gasteiger charge is -2.21. The summed E-state index contributed by atoms with van der Waals surface area (Å²) in [4.78, 5) is 37.4. The number of ether oxygens (including phenoxy) is 1. The highest BCUT2D eigenvalue weighted by molar-refractivity contribution is 5.91. The minimum Gasteiger partial charge on any atom is -0.459 e. The first-order chi connectivity index (χ1) is 12.0. The zero-order chi connectivity index (χ0) is 18.2. The Morgan fingerprint density at radius 3 is 2.44 bits per heavy atom. The smallest absolute Gasteiger partial charge is 0.308 e. The number of esters is 1. The van der Waals surface area contributed by atoms with Gasteiger partial charge in [-0.3, -0.25) is 14.4 Å². The highest BCUT2D eigenvalue weighted by Crippen LogP contribution is 2.20. The topological polar surface area (TPSA) is 88.9 Å². The van der Waals surface area contributed by atoms with Crippen molar-refractivity contribution < 1.29 is 23.5 Å². The molecule has 0 saturated heterocycles. The van der Waals surface area contributed by atoms with E-state index < -0.39 is 18.0 Å². The fourth-order valence-electron chi connectivity index (χ4n) is 2.09. The fourth-order valence-corrected chi connectivity index (χ4v) is 2.09. The molecule has 1 atom stereocenters. The zero-order valence-electron chi connectivity index (χ0n) is 14.1. The van der Waals surface area contributed by atoms with Gasteiger partial charge < -0.3 is 19.4 Å². The summed E-state index contributed by atoms with van der Waals surface area (Å²) in [5.74, 6) is -1.16. The molecule has 7 heteroatoms. The van der Waals surface area contributed by atoms with Gasteiger partial charge in [0.15, 0.2) is 5.76 Å². The Morgan fingerprint density at radius 1 is 1.12 bits per heavy atom. The summed E-state index contributed by atoms with van der Waals surface area (Å²) in [7, 11) is 3.19. The van der Waals surface area contributed by atoms with Gasteiger partial charge in [-0.05, 0) is 12.1 Å². The molecule has 0 radical (unpaired) electrons. The summed E-state index contributed by atoms with van der Waals surface area (Å²) in [6.07, 6.45) is 0.321. The standard InChI is InChI=1S/C18H20N2O5/c1-20(2)18(23)16(13-7-4-3-5-8-13)25-15(21)10-11-19-17(22)14-9-6-12-24-14/h3-9,12,16H,10-11H2,1-2H3,(H,19,22)/t16-/m1/s1. The number of rotatable bonds is 7. The van der Waals surface area contributed by atoms with E-state index in [1.165, 1.54) is 17.2 Å². The van der Waals surface area contributed by atoms with Crippen LogP contribution in [0.15, 0.2) is 53.1 Å². The normalized spacial score (nSPS) is 11.4. The van der Waals surface area contributed by atoms with Crippen molar-refractivity contribution in [2.75, 3.05) is 20.6 Å². The van der Waals surface area contributed by atoms with Crippen LogP contribution in [0, 0.1) is 0 Å². The molecule has 0 bridgehead atoms. The number of benzene rings is 1. The molecule has 2 amide bonds. The molecule has 0 aliphatic rings. The predicted molar refractivity (Wildman–Crippen MR) is 89.6 cm³/mol. The number of furan rings is 1. The van der Waals surface area contributed by atoms with Gasteiger partial charge in [0.05, 0.1) is 12.7 Å². The third-order valence-electron chi connectivity index (χ3n) is 3.38. The van der Waals surface area contributed by atoms with E-state index in [0.29, 0.717) is 5.56 Å². The van der Waals surface area contributed by atoms with Crippen LogP contribution in [0.4, 0.5) is 0 Å². The number of nitrogens with one attached hydrogen (secondary N) is 1. The van der Waals surface area contributed by atoms with E-state index in [9.17, 15) is 14.4 Å². The largest absolute Gasteiger partial charge is 0.459 e. The fraction of sp³-hybridized carbons (Fsp3) is 0.278. The predicted octanol–water partition coefficient (Wildman–Crippen LogP) is 1.77. The third kappa shape index (κ3) is 5.20. The van der Waals surface area contributed by atoms with Crippen LogP contribution in [0.5, 0.6) is 0 Å². The SMILES string of the molecule is CN(C)C(=O)[C@H](OC(=O)CCNC(=O)c1ccco1)c1ccccc1. The van der Waals surface area contributed by atoms with Crippen molar-refractivity contribution in [2.24, 2.45) is 0 Å². The van der Waals surface area contributed by atoms with Crippen LogP contribution < -0.4 is 5.32 Å². The summed E-state index contributed by atoms with van der Waals surface area (Å²) in [6.45, 7) is 0.0794.